The number of carboxylic acid groups (broad SMARTS) is 1. The predicted octanol–water partition coefficient (Wildman–Crippen LogP) is 0.607. The van der Waals surface area contributed by atoms with Gasteiger partial charge < -0.3 is 20.9 Å². The van der Waals surface area contributed by atoms with E-state index in [-0.39, 0.29) is 28.8 Å². The molecule has 3 rings (SSSR count). The number of thiazole rings is 1. The third kappa shape index (κ3) is 4.09. The molecule has 1 saturated heterocycles. The van der Waals surface area contributed by atoms with Crippen molar-refractivity contribution in [2.45, 2.75) is 18.3 Å². The number of halogens is 1. The Labute approximate surface area is 177 Å². The first-order valence-electron chi connectivity index (χ1n) is 8.10. The predicted molar refractivity (Wildman–Crippen MR) is 107 cm³/mol. The largest absolute Gasteiger partial charge is 0.477 e. The van der Waals surface area contributed by atoms with Gasteiger partial charge in [0, 0.05) is 30.0 Å². The average molecular weight is 459 g/mol. The number of nitrogens with two attached hydrogens (primary N) is 1. The second-order valence-corrected chi connectivity index (χ2v) is 8.37. The van der Waals surface area contributed by atoms with Gasteiger partial charge in [-0.3, -0.25) is 19.3 Å². The summed E-state index contributed by atoms with van der Waals surface area (Å²) in [4.78, 5) is 53.3. The van der Waals surface area contributed by atoms with Gasteiger partial charge >= 0.3 is 11.9 Å². The van der Waals surface area contributed by atoms with E-state index < -0.39 is 35.2 Å². The van der Waals surface area contributed by atoms with Crippen molar-refractivity contribution in [1.29, 1.82) is 0 Å². The van der Waals surface area contributed by atoms with Crippen molar-refractivity contribution in [3.63, 3.8) is 0 Å². The summed E-state index contributed by atoms with van der Waals surface area (Å²) in [5.74, 6) is -2.81. The summed E-state index contributed by atoms with van der Waals surface area (Å²) in [6.07, 6.45) is 1.39. The minimum absolute atomic E-state index is 0.0949. The summed E-state index contributed by atoms with van der Waals surface area (Å²) >= 11 is 8.08. The molecule has 0 aromatic carbocycles. The minimum atomic E-state index is -1.31. The number of nitrogens with zero attached hydrogens (tertiary/aromatic N) is 2. The van der Waals surface area contributed by atoms with Crippen LogP contribution >= 0.6 is 34.7 Å². The van der Waals surface area contributed by atoms with Crippen molar-refractivity contribution in [2.24, 2.45) is 0 Å². The quantitative estimate of drug-likeness (QED) is 0.316. The van der Waals surface area contributed by atoms with Crippen LogP contribution in [0.4, 0.5) is 5.13 Å². The SMILES string of the molecule is CC(=O)OCC1=C(C(=O)O)N2C(=O)[C@@H](NC(=O)C(=CCl)c3cnc(N)s3)[C@H]2SC1. The number of ether oxygens (including phenoxy) is 1. The van der Waals surface area contributed by atoms with Gasteiger partial charge in [0.15, 0.2) is 5.13 Å². The van der Waals surface area contributed by atoms with E-state index in [2.05, 4.69) is 10.3 Å². The number of β-lactam (4-membered cyclic amide) rings is 1. The van der Waals surface area contributed by atoms with Crippen molar-refractivity contribution in [2.75, 3.05) is 18.1 Å². The van der Waals surface area contributed by atoms with Crippen LogP contribution in [0.15, 0.2) is 23.0 Å². The van der Waals surface area contributed by atoms with E-state index in [9.17, 15) is 24.3 Å². The summed E-state index contributed by atoms with van der Waals surface area (Å²) in [6, 6.07) is -0.922. The van der Waals surface area contributed by atoms with Crippen molar-refractivity contribution in [3.05, 3.63) is 27.9 Å². The number of hydrogen-bond donors (Lipinski definition) is 3. The number of anilines is 1. The van der Waals surface area contributed by atoms with Gasteiger partial charge in [-0.2, -0.15) is 0 Å². The minimum Gasteiger partial charge on any atom is -0.477 e. The lowest BCUT2D eigenvalue weighted by Crippen LogP contribution is -2.70. The number of aliphatic carboxylic acids is 1. The lowest BCUT2D eigenvalue weighted by molar-refractivity contribution is -0.150. The number of rotatable bonds is 6. The van der Waals surface area contributed by atoms with Crippen molar-refractivity contribution < 1.29 is 29.0 Å². The van der Waals surface area contributed by atoms with Crippen molar-refractivity contribution in [3.8, 4) is 0 Å². The first kappa shape index (κ1) is 21.1. The Balaban J connectivity index is 1.76. The standard InChI is InChI=1S/C16H15ClN4O6S2/c1-6(22)27-4-7-5-28-14-10(13(24)21(14)11(7)15(25)26)20-12(23)8(2-17)9-3-19-16(18)29-9/h2-3,10,14H,4-5H2,1H3,(H2,18,19)(H,20,23)(H,25,26)/t10-,14-/m1/s1. The van der Waals surface area contributed by atoms with E-state index in [0.717, 1.165) is 21.8 Å². The lowest BCUT2D eigenvalue weighted by atomic mass is 10.0. The molecule has 2 aliphatic heterocycles. The van der Waals surface area contributed by atoms with Gasteiger partial charge in [0.25, 0.3) is 11.8 Å². The Morgan fingerprint density at radius 3 is 2.79 bits per heavy atom. The highest BCUT2D eigenvalue weighted by Gasteiger charge is 2.54. The number of carbonyl (C=O) groups excluding carboxylic acids is 3. The molecule has 0 aliphatic carbocycles. The number of hydrogen-bond acceptors (Lipinski definition) is 9. The molecule has 0 radical (unpaired) electrons. The molecule has 4 N–H and O–H groups in total. The number of thioether (sulfide) groups is 1. The number of amides is 2. The molecule has 0 bridgehead atoms. The summed E-state index contributed by atoms with van der Waals surface area (Å²) in [5.41, 5.74) is 6.82. The van der Waals surface area contributed by atoms with E-state index in [1.54, 1.807) is 0 Å². The summed E-state index contributed by atoms with van der Waals surface area (Å²) in [6.45, 7) is 0.988. The molecule has 1 aromatic rings. The van der Waals surface area contributed by atoms with Crippen LogP contribution in [0.3, 0.4) is 0 Å². The Morgan fingerprint density at radius 2 is 2.24 bits per heavy atom. The van der Waals surface area contributed by atoms with Gasteiger partial charge in [0.2, 0.25) is 0 Å². The zero-order valence-electron chi connectivity index (χ0n) is 14.9. The van der Waals surface area contributed by atoms with Gasteiger partial charge in [-0.05, 0) is 0 Å². The van der Waals surface area contributed by atoms with Crippen LogP contribution in [0.25, 0.3) is 5.57 Å². The third-order valence-electron chi connectivity index (χ3n) is 4.13. The van der Waals surface area contributed by atoms with Crippen LogP contribution < -0.4 is 11.1 Å². The molecule has 2 atom stereocenters. The molecular formula is C16H15ClN4O6S2. The fourth-order valence-corrected chi connectivity index (χ4v) is 5.14. The van der Waals surface area contributed by atoms with Crippen molar-refractivity contribution in [1.82, 2.24) is 15.2 Å². The Kier molecular flexibility index (Phi) is 6.15. The molecule has 0 saturated carbocycles. The van der Waals surface area contributed by atoms with Crippen LogP contribution in [-0.2, 0) is 23.9 Å². The zero-order chi connectivity index (χ0) is 21.3. The highest BCUT2D eigenvalue weighted by atomic mass is 35.5. The summed E-state index contributed by atoms with van der Waals surface area (Å²) < 4.78 is 4.87. The zero-order valence-corrected chi connectivity index (χ0v) is 17.3. The number of esters is 1. The Bertz CT molecular complexity index is 959. The molecule has 1 aromatic heterocycles. The van der Waals surface area contributed by atoms with Crippen LogP contribution in [-0.4, -0.2) is 62.5 Å². The van der Waals surface area contributed by atoms with E-state index in [4.69, 9.17) is 22.1 Å². The molecular weight excluding hydrogens is 444 g/mol. The van der Waals surface area contributed by atoms with E-state index in [0.29, 0.717) is 10.5 Å². The number of carboxylic acids is 1. The van der Waals surface area contributed by atoms with Crippen LogP contribution in [0.2, 0.25) is 0 Å². The molecule has 3 heterocycles. The summed E-state index contributed by atoms with van der Waals surface area (Å²) in [7, 11) is 0. The molecule has 10 nitrogen and oxygen atoms in total. The molecule has 154 valence electrons. The fraction of sp³-hybridized carbons (Fsp3) is 0.312. The average Bonchev–Trinajstić information content (AvgIpc) is 3.09. The van der Waals surface area contributed by atoms with Gasteiger partial charge in [-0.15, -0.1) is 11.8 Å². The second kappa shape index (κ2) is 8.43. The third-order valence-corrected chi connectivity index (χ3v) is 6.55. The van der Waals surface area contributed by atoms with Gasteiger partial charge in [0.05, 0.1) is 10.5 Å². The van der Waals surface area contributed by atoms with Gasteiger partial charge in [-0.25, -0.2) is 9.78 Å². The smallest absolute Gasteiger partial charge is 0.352 e. The Morgan fingerprint density at radius 1 is 1.52 bits per heavy atom. The van der Waals surface area contributed by atoms with Crippen LogP contribution in [0.1, 0.15) is 11.8 Å². The van der Waals surface area contributed by atoms with E-state index >= 15 is 0 Å². The van der Waals surface area contributed by atoms with Gasteiger partial charge in [-0.1, -0.05) is 22.9 Å². The number of aromatic nitrogens is 1. The second-order valence-electron chi connectivity index (χ2n) is 5.98. The number of fused-ring (bicyclic) bond motifs is 1. The first-order chi connectivity index (χ1) is 13.7. The highest BCUT2D eigenvalue weighted by Crippen LogP contribution is 2.40. The van der Waals surface area contributed by atoms with Crippen LogP contribution in [0.5, 0.6) is 0 Å². The van der Waals surface area contributed by atoms with E-state index in [1.165, 1.54) is 24.9 Å². The number of nitrogens with one attached hydrogen (secondary N) is 1. The van der Waals surface area contributed by atoms with Gasteiger partial charge in [0.1, 0.15) is 23.7 Å². The fourth-order valence-electron chi connectivity index (χ4n) is 2.83. The maximum absolute atomic E-state index is 12.6. The van der Waals surface area contributed by atoms with Crippen molar-refractivity contribution >= 4 is 69.2 Å². The van der Waals surface area contributed by atoms with Crippen LogP contribution in [0, 0.1) is 0 Å². The molecule has 0 unspecified atom stereocenters. The highest BCUT2D eigenvalue weighted by molar-refractivity contribution is 8.00. The molecule has 2 amide bonds. The normalized spacial score (nSPS) is 21.4. The molecule has 13 heteroatoms. The first-order valence-corrected chi connectivity index (χ1v) is 10.4. The number of nitrogen functional groups attached to an aromatic ring is 1. The number of carbonyl (C=O) groups is 4. The molecule has 0 spiro atoms. The molecule has 2 aliphatic rings. The summed E-state index contributed by atoms with van der Waals surface area (Å²) in [5, 5.41) is 11.8. The lowest BCUT2D eigenvalue weighted by Gasteiger charge is -2.49. The monoisotopic (exact) mass is 458 g/mol. The van der Waals surface area contributed by atoms with E-state index in [1.807, 2.05) is 0 Å². The maximum atomic E-state index is 12.6. The topological polar surface area (TPSA) is 152 Å². The maximum Gasteiger partial charge on any atom is 0.352 e. The molecule has 29 heavy (non-hydrogen) atoms. The Hall–Kier alpha value is -2.57. The molecule has 1 fully saturated rings.